The Hall–Kier alpha value is 0.194. The van der Waals surface area contributed by atoms with Gasteiger partial charge in [-0.25, -0.2) is 0 Å². The predicted octanol–water partition coefficient (Wildman–Crippen LogP) is 3.49. The molecule has 0 saturated carbocycles. The van der Waals surface area contributed by atoms with E-state index in [0.29, 0.717) is 0 Å². The number of rotatable bonds is 17. The largest absolute Gasteiger partial charge is 0.398 e. The van der Waals surface area contributed by atoms with E-state index in [9.17, 15) is 0 Å². The fourth-order valence-electron chi connectivity index (χ4n) is 3.27. The highest BCUT2D eigenvalue weighted by atomic mass is 28.4. The summed E-state index contributed by atoms with van der Waals surface area (Å²) in [5.41, 5.74) is 12.3. The van der Waals surface area contributed by atoms with Gasteiger partial charge in [-0.3, -0.25) is 0 Å². The van der Waals surface area contributed by atoms with Crippen molar-refractivity contribution in [1.29, 1.82) is 0 Å². The summed E-state index contributed by atoms with van der Waals surface area (Å²) in [4.78, 5) is 0. The van der Waals surface area contributed by atoms with Crippen LogP contribution in [0, 0.1) is 0 Å². The molecule has 0 spiro atoms. The van der Waals surface area contributed by atoms with E-state index in [-0.39, 0.29) is 5.54 Å². The molecule has 0 amide bonds. The Kier molecular flexibility index (Phi) is 13.5. The average Bonchev–Trinajstić information content (AvgIpc) is 2.65. The van der Waals surface area contributed by atoms with E-state index in [1.807, 2.05) is 0 Å². The maximum atomic E-state index is 6.84. The standard InChI is InChI=1S/C18H44N2O4Si2/c1-21-25(5,22-2)16-10-13-18(20,12-8-7-9-15-19)14-11-17-26(6,23-3)24-4/h7-17,19-20H2,1-6H3. The molecule has 158 valence electrons. The third-order valence-electron chi connectivity index (χ3n) is 5.72. The Morgan fingerprint density at radius 3 is 1.38 bits per heavy atom. The summed E-state index contributed by atoms with van der Waals surface area (Å²) < 4.78 is 22.4. The third-order valence-corrected chi connectivity index (χ3v) is 11.7. The highest BCUT2D eigenvalue weighted by Gasteiger charge is 2.33. The molecule has 0 aromatic carbocycles. The van der Waals surface area contributed by atoms with E-state index >= 15 is 0 Å². The van der Waals surface area contributed by atoms with Crippen molar-refractivity contribution in [3.05, 3.63) is 0 Å². The lowest BCUT2D eigenvalue weighted by atomic mass is 9.84. The zero-order valence-electron chi connectivity index (χ0n) is 18.1. The molecule has 0 saturated heterocycles. The van der Waals surface area contributed by atoms with Crippen LogP contribution in [0.25, 0.3) is 0 Å². The maximum absolute atomic E-state index is 6.84. The molecule has 4 N–H and O–H groups in total. The van der Waals surface area contributed by atoms with Gasteiger partial charge in [-0.1, -0.05) is 12.8 Å². The Labute approximate surface area is 163 Å². The monoisotopic (exact) mass is 408 g/mol. The number of nitrogens with two attached hydrogens (primary N) is 2. The second kappa shape index (κ2) is 13.4. The Balaban J connectivity index is 4.63. The normalized spacial score (nSPS) is 13.4. The van der Waals surface area contributed by atoms with Crippen LogP contribution in [0.15, 0.2) is 0 Å². The zero-order valence-corrected chi connectivity index (χ0v) is 20.1. The molecule has 0 heterocycles. The first-order valence-electron chi connectivity index (χ1n) is 9.91. The molecule has 0 aromatic rings. The van der Waals surface area contributed by atoms with Crippen LogP contribution in [-0.4, -0.2) is 57.6 Å². The lowest BCUT2D eigenvalue weighted by Crippen LogP contribution is -2.42. The minimum Gasteiger partial charge on any atom is -0.398 e. The molecule has 6 nitrogen and oxygen atoms in total. The molecule has 0 aromatic heterocycles. The van der Waals surface area contributed by atoms with Crippen LogP contribution < -0.4 is 11.5 Å². The van der Waals surface area contributed by atoms with Crippen LogP contribution in [0.4, 0.5) is 0 Å². The predicted molar refractivity (Wildman–Crippen MR) is 114 cm³/mol. The summed E-state index contributed by atoms with van der Waals surface area (Å²) in [6.45, 7) is 4.98. The third kappa shape index (κ3) is 10.5. The summed E-state index contributed by atoms with van der Waals surface area (Å²) in [6.07, 6.45) is 8.51. The number of unbranched alkanes of at least 4 members (excludes halogenated alkanes) is 2. The maximum Gasteiger partial charge on any atom is 0.334 e. The van der Waals surface area contributed by atoms with Gasteiger partial charge in [0.25, 0.3) is 0 Å². The van der Waals surface area contributed by atoms with Crippen molar-refractivity contribution in [2.24, 2.45) is 11.5 Å². The van der Waals surface area contributed by atoms with Crippen molar-refractivity contribution in [3.63, 3.8) is 0 Å². The number of hydrogen-bond acceptors (Lipinski definition) is 6. The minimum absolute atomic E-state index is 0.137. The fourth-order valence-corrected chi connectivity index (χ4v) is 6.06. The van der Waals surface area contributed by atoms with Crippen molar-refractivity contribution in [2.45, 2.75) is 82.1 Å². The molecule has 0 aliphatic carbocycles. The van der Waals surface area contributed by atoms with E-state index in [1.54, 1.807) is 28.4 Å². The lowest BCUT2D eigenvalue weighted by molar-refractivity contribution is 0.240. The molecule has 0 bridgehead atoms. The highest BCUT2D eigenvalue weighted by Crippen LogP contribution is 2.29. The zero-order chi connectivity index (χ0) is 20.1. The van der Waals surface area contributed by atoms with Crippen LogP contribution in [0.3, 0.4) is 0 Å². The van der Waals surface area contributed by atoms with Gasteiger partial charge in [0.2, 0.25) is 0 Å². The van der Waals surface area contributed by atoms with Crippen LogP contribution in [0.1, 0.15) is 51.4 Å². The molecular weight excluding hydrogens is 364 g/mol. The molecule has 0 unspecified atom stereocenters. The minimum atomic E-state index is -2.02. The van der Waals surface area contributed by atoms with Crippen LogP contribution in [-0.2, 0) is 17.7 Å². The molecule has 0 atom stereocenters. The van der Waals surface area contributed by atoms with Crippen molar-refractivity contribution < 1.29 is 17.7 Å². The van der Waals surface area contributed by atoms with Gasteiger partial charge in [0.05, 0.1) is 0 Å². The van der Waals surface area contributed by atoms with E-state index in [0.717, 1.165) is 70.0 Å². The van der Waals surface area contributed by atoms with Crippen LogP contribution in [0.2, 0.25) is 25.2 Å². The smallest absolute Gasteiger partial charge is 0.334 e. The van der Waals surface area contributed by atoms with Gasteiger partial charge in [-0.15, -0.1) is 0 Å². The van der Waals surface area contributed by atoms with Gasteiger partial charge in [0.15, 0.2) is 0 Å². The molecule has 0 fully saturated rings. The summed E-state index contributed by atoms with van der Waals surface area (Å²) in [7, 11) is 2.96. The van der Waals surface area contributed by atoms with Crippen molar-refractivity contribution in [3.8, 4) is 0 Å². The van der Waals surface area contributed by atoms with Gasteiger partial charge >= 0.3 is 17.1 Å². The van der Waals surface area contributed by atoms with E-state index < -0.39 is 17.1 Å². The highest BCUT2D eigenvalue weighted by molar-refractivity contribution is 6.66. The summed E-state index contributed by atoms with van der Waals surface area (Å²) in [5.74, 6) is 0. The van der Waals surface area contributed by atoms with Crippen molar-refractivity contribution in [1.82, 2.24) is 0 Å². The van der Waals surface area contributed by atoms with Gasteiger partial charge < -0.3 is 29.2 Å². The van der Waals surface area contributed by atoms with E-state index in [4.69, 9.17) is 29.2 Å². The second-order valence-corrected chi connectivity index (χ2v) is 14.9. The molecule has 0 rings (SSSR count). The first kappa shape index (κ1) is 26.2. The van der Waals surface area contributed by atoms with E-state index in [2.05, 4.69) is 13.1 Å². The molecule has 8 heteroatoms. The van der Waals surface area contributed by atoms with Gasteiger partial charge in [0, 0.05) is 34.0 Å². The lowest BCUT2D eigenvalue weighted by Gasteiger charge is -2.32. The molecule has 0 radical (unpaired) electrons. The summed E-state index contributed by atoms with van der Waals surface area (Å²) >= 11 is 0. The second-order valence-electron chi connectivity index (χ2n) is 7.75. The molecular formula is C18H44N2O4Si2. The Bertz CT molecular complexity index is 330. The van der Waals surface area contributed by atoms with Crippen molar-refractivity contribution in [2.75, 3.05) is 35.0 Å². The topological polar surface area (TPSA) is 89.0 Å². The molecule has 0 aliphatic heterocycles. The summed E-state index contributed by atoms with van der Waals surface area (Å²) in [6, 6.07) is 1.95. The van der Waals surface area contributed by atoms with Gasteiger partial charge in [-0.2, -0.15) is 0 Å². The molecule has 0 aliphatic rings. The Morgan fingerprint density at radius 2 is 1.04 bits per heavy atom. The van der Waals surface area contributed by atoms with Crippen LogP contribution in [0.5, 0.6) is 0 Å². The fraction of sp³-hybridized carbons (Fsp3) is 1.00. The van der Waals surface area contributed by atoms with Crippen molar-refractivity contribution >= 4 is 17.1 Å². The van der Waals surface area contributed by atoms with Crippen LogP contribution >= 0.6 is 0 Å². The summed E-state index contributed by atoms with van der Waals surface area (Å²) in [5, 5.41) is 0. The van der Waals surface area contributed by atoms with Gasteiger partial charge in [-0.05, 0) is 70.3 Å². The molecule has 26 heavy (non-hydrogen) atoms. The Morgan fingerprint density at radius 1 is 0.654 bits per heavy atom. The van der Waals surface area contributed by atoms with Gasteiger partial charge in [0.1, 0.15) is 0 Å². The average molecular weight is 409 g/mol. The van der Waals surface area contributed by atoms with E-state index in [1.165, 1.54) is 0 Å². The first-order chi connectivity index (χ1) is 12.2. The SMILES string of the molecule is CO[Si](C)(CCCC(N)(CCCCCN)CCC[Si](C)(OC)OC)OC. The quantitative estimate of drug-likeness (QED) is 0.283. The first-order valence-corrected chi connectivity index (χ1v) is 15.0. The number of hydrogen-bond donors (Lipinski definition) is 2.